The van der Waals surface area contributed by atoms with Crippen LogP contribution in [0.3, 0.4) is 0 Å². The van der Waals surface area contributed by atoms with Gasteiger partial charge < -0.3 is 5.73 Å². The minimum Gasteiger partial charge on any atom is -0.330 e. The molecule has 0 amide bonds. The second-order valence-electron chi connectivity index (χ2n) is 4.43. The van der Waals surface area contributed by atoms with Gasteiger partial charge in [-0.25, -0.2) is 0 Å². The van der Waals surface area contributed by atoms with E-state index < -0.39 is 0 Å². The van der Waals surface area contributed by atoms with Crippen LogP contribution in [0.15, 0.2) is 11.6 Å². The largest absolute Gasteiger partial charge is 0.330 e. The summed E-state index contributed by atoms with van der Waals surface area (Å²) in [7, 11) is 0. The summed E-state index contributed by atoms with van der Waals surface area (Å²) in [4.78, 5) is 0. The molecule has 0 radical (unpaired) electrons. The topological polar surface area (TPSA) is 26.0 Å². The van der Waals surface area contributed by atoms with E-state index in [1.165, 1.54) is 5.57 Å². The summed E-state index contributed by atoms with van der Waals surface area (Å²) in [6, 6.07) is 0. The lowest BCUT2D eigenvalue weighted by molar-refractivity contribution is 0.555. The van der Waals surface area contributed by atoms with Gasteiger partial charge in [0.1, 0.15) is 0 Å². The maximum atomic E-state index is 5.65. The maximum absolute atomic E-state index is 5.65. The molecule has 64 valence electrons. The predicted octanol–water partition coefficient (Wildman–Crippen LogP) is 2.18. The molecule has 1 aliphatic rings. The lowest BCUT2D eigenvalue weighted by Gasteiger charge is -1.97. The van der Waals surface area contributed by atoms with Crippen LogP contribution >= 0.6 is 0 Å². The minimum atomic E-state index is 0.464. The first-order valence-electron chi connectivity index (χ1n) is 4.35. The smallest absolute Gasteiger partial charge is 0.00377 e. The molecule has 0 aromatic carbocycles. The van der Waals surface area contributed by atoms with E-state index in [1.807, 2.05) is 0 Å². The summed E-state index contributed by atoms with van der Waals surface area (Å²) in [6.07, 6.45) is 2.36. The molecule has 1 rings (SSSR count). The number of allylic oxidation sites excluding steroid dienone is 2. The van der Waals surface area contributed by atoms with E-state index in [4.69, 9.17) is 5.73 Å². The fourth-order valence-corrected chi connectivity index (χ4v) is 1.93. The summed E-state index contributed by atoms with van der Waals surface area (Å²) in [6.45, 7) is 9.74. The molecule has 0 saturated heterocycles. The summed E-state index contributed by atoms with van der Waals surface area (Å²) in [5.74, 6) is 1.45. The van der Waals surface area contributed by atoms with E-state index in [2.05, 4.69) is 33.8 Å². The monoisotopic (exact) mass is 153 g/mol. The standard InChI is InChI=1S/C10H19N/c1-7(2)5-8-9(6-11)10(8,3)4/h5,8-9H,6,11H2,1-4H3/t8-,9+/m1/s1. The molecule has 0 heterocycles. The molecule has 2 atom stereocenters. The zero-order chi connectivity index (χ0) is 8.65. The molecule has 1 nitrogen and oxygen atoms in total. The first-order chi connectivity index (χ1) is 5.00. The van der Waals surface area contributed by atoms with Crippen molar-refractivity contribution in [3.05, 3.63) is 11.6 Å². The van der Waals surface area contributed by atoms with Gasteiger partial charge in [-0.1, -0.05) is 25.5 Å². The average molecular weight is 153 g/mol. The Kier molecular flexibility index (Phi) is 2.10. The third kappa shape index (κ3) is 1.48. The van der Waals surface area contributed by atoms with Crippen molar-refractivity contribution in [1.82, 2.24) is 0 Å². The molecule has 11 heavy (non-hydrogen) atoms. The summed E-state index contributed by atoms with van der Waals surface area (Å²) in [5.41, 5.74) is 7.53. The minimum absolute atomic E-state index is 0.464. The van der Waals surface area contributed by atoms with E-state index in [0.717, 1.165) is 18.4 Å². The van der Waals surface area contributed by atoms with Gasteiger partial charge in [-0.3, -0.25) is 0 Å². The fourth-order valence-electron chi connectivity index (χ4n) is 1.93. The highest BCUT2D eigenvalue weighted by Crippen LogP contribution is 2.58. The highest BCUT2D eigenvalue weighted by molar-refractivity contribution is 5.17. The molecule has 1 aliphatic carbocycles. The molecule has 0 unspecified atom stereocenters. The van der Waals surface area contributed by atoms with Crippen molar-refractivity contribution in [2.45, 2.75) is 27.7 Å². The Balaban J connectivity index is 2.59. The van der Waals surface area contributed by atoms with E-state index in [1.54, 1.807) is 0 Å². The summed E-state index contributed by atoms with van der Waals surface area (Å²) < 4.78 is 0. The quantitative estimate of drug-likeness (QED) is 0.605. The molecule has 0 aromatic heterocycles. The average Bonchev–Trinajstić information content (AvgIpc) is 2.33. The summed E-state index contributed by atoms with van der Waals surface area (Å²) in [5, 5.41) is 0. The molecular weight excluding hydrogens is 134 g/mol. The molecule has 1 saturated carbocycles. The highest BCUT2D eigenvalue weighted by Gasteiger charge is 2.54. The van der Waals surface area contributed by atoms with Crippen LogP contribution in [0.1, 0.15) is 27.7 Å². The SMILES string of the molecule is CC(C)=C[C@@H]1[C@H](CN)C1(C)C. The summed E-state index contributed by atoms with van der Waals surface area (Å²) >= 11 is 0. The Labute approximate surface area is 69.7 Å². The molecule has 0 aliphatic heterocycles. The molecule has 0 spiro atoms. The van der Waals surface area contributed by atoms with Gasteiger partial charge in [0, 0.05) is 0 Å². The Morgan fingerprint density at radius 1 is 1.45 bits per heavy atom. The lowest BCUT2D eigenvalue weighted by Crippen LogP contribution is -2.05. The van der Waals surface area contributed by atoms with Gasteiger partial charge in [-0.2, -0.15) is 0 Å². The van der Waals surface area contributed by atoms with Crippen LogP contribution in [0.2, 0.25) is 0 Å². The van der Waals surface area contributed by atoms with Crippen LogP contribution in [0.4, 0.5) is 0 Å². The second-order valence-corrected chi connectivity index (χ2v) is 4.43. The Morgan fingerprint density at radius 2 is 2.00 bits per heavy atom. The third-order valence-corrected chi connectivity index (χ3v) is 2.91. The van der Waals surface area contributed by atoms with Gasteiger partial charge in [0.05, 0.1) is 0 Å². The Hall–Kier alpha value is -0.300. The van der Waals surface area contributed by atoms with Gasteiger partial charge >= 0.3 is 0 Å². The van der Waals surface area contributed by atoms with Crippen LogP contribution in [0.25, 0.3) is 0 Å². The first kappa shape index (κ1) is 8.79. The molecule has 2 N–H and O–H groups in total. The van der Waals surface area contributed by atoms with Gasteiger partial charge in [0.25, 0.3) is 0 Å². The molecule has 1 fully saturated rings. The highest BCUT2D eigenvalue weighted by atomic mass is 14.7. The second kappa shape index (κ2) is 2.63. The number of hydrogen-bond acceptors (Lipinski definition) is 1. The Bertz CT molecular complexity index is 175. The number of rotatable bonds is 2. The van der Waals surface area contributed by atoms with Crippen LogP contribution in [0, 0.1) is 17.3 Å². The predicted molar refractivity (Wildman–Crippen MR) is 49.2 cm³/mol. The van der Waals surface area contributed by atoms with Gasteiger partial charge in [0.2, 0.25) is 0 Å². The zero-order valence-electron chi connectivity index (χ0n) is 8.02. The molecule has 0 aromatic rings. The molecule has 1 heteroatoms. The van der Waals surface area contributed by atoms with Crippen LogP contribution in [-0.4, -0.2) is 6.54 Å². The van der Waals surface area contributed by atoms with Gasteiger partial charge in [-0.05, 0) is 37.6 Å². The number of nitrogens with two attached hydrogens (primary N) is 1. The van der Waals surface area contributed by atoms with E-state index >= 15 is 0 Å². The Morgan fingerprint density at radius 3 is 2.27 bits per heavy atom. The number of hydrogen-bond donors (Lipinski definition) is 1. The zero-order valence-corrected chi connectivity index (χ0v) is 8.02. The first-order valence-corrected chi connectivity index (χ1v) is 4.35. The fraction of sp³-hybridized carbons (Fsp3) is 0.800. The van der Waals surface area contributed by atoms with Gasteiger partial charge in [-0.15, -0.1) is 0 Å². The van der Waals surface area contributed by atoms with Crippen molar-refractivity contribution < 1.29 is 0 Å². The van der Waals surface area contributed by atoms with Crippen molar-refractivity contribution in [3.8, 4) is 0 Å². The van der Waals surface area contributed by atoms with E-state index in [9.17, 15) is 0 Å². The molecular formula is C10H19N. The van der Waals surface area contributed by atoms with Crippen LogP contribution < -0.4 is 5.73 Å². The normalized spacial score (nSPS) is 33.2. The van der Waals surface area contributed by atoms with Crippen molar-refractivity contribution in [2.75, 3.05) is 6.54 Å². The molecule has 0 bridgehead atoms. The van der Waals surface area contributed by atoms with Crippen molar-refractivity contribution >= 4 is 0 Å². The van der Waals surface area contributed by atoms with Gasteiger partial charge in [0.15, 0.2) is 0 Å². The van der Waals surface area contributed by atoms with Crippen molar-refractivity contribution in [2.24, 2.45) is 23.0 Å². The third-order valence-electron chi connectivity index (χ3n) is 2.91. The van der Waals surface area contributed by atoms with E-state index in [-0.39, 0.29) is 0 Å². The maximum Gasteiger partial charge on any atom is -0.00377 e. The van der Waals surface area contributed by atoms with Crippen molar-refractivity contribution in [3.63, 3.8) is 0 Å². The lowest BCUT2D eigenvalue weighted by atomic mass is 10.1. The van der Waals surface area contributed by atoms with Crippen LogP contribution in [-0.2, 0) is 0 Å². The van der Waals surface area contributed by atoms with Crippen LogP contribution in [0.5, 0.6) is 0 Å². The van der Waals surface area contributed by atoms with E-state index in [0.29, 0.717) is 5.41 Å². The van der Waals surface area contributed by atoms with Crippen molar-refractivity contribution in [1.29, 1.82) is 0 Å².